The van der Waals surface area contributed by atoms with E-state index >= 15 is 0 Å². The van der Waals surface area contributed by atoms with Gasteiger partial charge in [-0.25, -0.2) is 0 Å². The smallest absolute Gasteiger partial charge is 0.253 e. The molecule has 6 rings (SSSR count). The number of hydrogen-bond acceptors (Lipinski definition) is 5. The van der Waals surface area contributed by atoms with Gasteiger partial charge in [-0.3, -0.25) is 14.4 Å². The van der Waals surface area contributed by atoms with Crippen molar-refractivity contribution in [3.05, 3.63) is 89.0 Å². The quantitative estimate of drug-likeness (QED) is 0.499. The molecule has 2 aromatic rings. The first kappa shape index (κ1) is 28.6. The molecule has 4 aliphatic rings. The maximum atomic E-state index is 14.8. The molecule has 9 heteroatoms. The lowest BCUT2D eigenvalue weighted by Gasteiger charge is -2.39. The van der Waals surface area contributed by atoms with E-state index in [2.05, 4.69) is 0 Å². The van der Waals surface area contributed by atoms with Gasteiger partial charge in [0.2, 0.25) is 11.8 Å². The van der Waals surface area contributed by atoms with Gasteiger partial charge < -0.3 is 24.5 Å². The summed E-state index contributed by atoms with van der Waals surface area (Å²) in [6.45, 7) is 4.79. The highest BCUT2D eigenvalue weighted by molar-refractivity contribution is 6.34. The van der Waals surface area contributed by atoms with Crippen LogP contribution in [-0.4, -0.2) is 82.7 Å². The molecule has 2 aromatic carbocycles. The van der Waals surface area contributed by atoms with Crippen LogP contribution in [0.3, 0.4) is 0 Å². The zero-order valence-corrected chi connectivity index (χ0v) is 24.6. The first-order chi connectivity index (χ1) is 20.3. The van der Waals surface area contributed by atoms with E-state index in [1.807, 2.05) is 80.6 Å². The molecule has 0 radical (unpaired) electrons. The highest BCUT2D eigenvalue weighted by Gasteiger charge is 2.72. The van der Waals surface area contributed by atoms with E-state index in [4.69, 9.17) is 16.3 Å². The fourth-order valence-corrected chi connectivity index (χ4v) is 7.62. The summed E-state index contributed by atoms with van der Waals surface area (Å²) in [5.74, 6) is -2.54. The lowest BCUT2D eigenvalue weighted by Crippen LogP contribution is -2.58. The van der Waals surface area contributed by atoms with Crippen molar-refractivity contribution in [2.75, 3.05) is 31.1 Å². The van der Waals surface area contributed by atoms with Gasteiger partial charge in [0.1, 0.15) is 11.6 Å². The summed E-state index contributed by atoms with van der Waals surface area (Å²) in [6, 6.07) is 13.2. The number of rotatable bonds is 7. The summed E-state index contributed by atoms with van der Waals surface area (Å²) in [7, 11) is 0. The Kier molecular flexibility index (Phi) is 7.72. The van der Waals surface area contributed by atoms with Crippen LogP contribution in [0.5, 0.6) is 0 Å². The van der Waals surface area contributed by atoms with E-state index in [9.17, 15) is 19.5 Å². The highest BCUT2D eigenvalue weighted by Crippen LogP contribution is 2.54. The van der Waals surface area contributed by atoms with Crippen LogP contribution in [0.1, 0.15) is 24.5 Å². The van der Waals surface area contributed by atoms with Gasteiger partial charge >= 0.3 is 0 Å². The van der Waals surface area contributed by atoms with Crippen molar-refractivity contribution < 1.29 is 24.2 Å². The molecule has 4 aliphatic heterocycles. The Morgan fingerprint density at radius 3 is 2.52 bits per heavy atom. The number of benzene rings is 2. The molecule has 2 fully saturated rings. The number of hydrogen-bond donors (Lipinski definition) is 1. The largest absolute Gasteiger partial charge is 0.394 e. The topological polar surface area (TPSA) is 90.4 Å². The molecular formula is C33H36ClN3O5. The molecule has 0 aliphatic carbocycles. The molecule has 0 saturated carbocycles. The minimum atomic E-state index is -1.38. The number of ether oxygens (including phenoxy) is 1. The number of aryl methyl sites for hydroxylation is 1. The maximum absolute atomic E-state index is 14.8. The molecule has 4 heterocycles. The summed E-state index contributed by atoms with van der Waals surface area (Å²) in [4.78, 5) is 48.3. The third-order valence-corrected chi connectivity index (χ3v) is 9.36. The first-order valence-corrected chi connectivity index (χ1v) is 15.0. The fraction of sp³-hybridized carbons (Fsp3) is 0.424. The standard InChI is InChI=1S/C33H36ClN3O5/c1-3-16-35-17-8-14-25-26(30(35)39)27-31(40)37(23(20-38)19-22-11-5-4-6-12-22)29-32(41)36(18-9-15-33(27,29)42-25)28-21(2)10-7-13-24(28)34/h4-15,23,25-27,29,38H,3,16-20H2,1-2H3/t23-,25-,26+,27+,29?,33+/m1/s1. The monoisotopic (exact) mass is 589 g/mol. The molecule has 1 N–H and O–H groups in total. The summed E-state index contributed by atoms with van der Waals surface area (Å²) in [6.07, 6.45) is 7.93. The lowest BCUT2D eigenvalue weighted by atomic mass is 9.77. The summed E-state index contributed by atoms with van der Waals surface area (Å²) < 4.78 is 6.75. The number of para-hydroxylation sites is 1. The van der Waals surface area contributed by atoms with E-state index in [1.165, 1.54) is 4.90 Å². The molecule has 1 unspecified atom stereocenters. The summed E-state index contributed by atoms with van der Waals surface area (Å²) >= 11 is 6.65. The van der Waals surface area contributed by atoms with Crippen LogP contribution in [0.4, 0.5) is 5.69 Å². The second-order valence-corrected chi connectivity index (χ2v) is 12.0. The molecular weight excluding hydrogens is 554 g/mol. The number of halogens is 1. The van der Waals surface area contributed by atoms with E-state index in [0.717, 1.165) is 17.5 Å². The van der Waals surface area contributed by atoms with Crippen molar-refractivity contribution in [2.45, 2.75) is 50.5 Å². The molecule has 3 amide bonds. The number of carbonyl (C=O) groups excluding carboxylic acids is 3. The number of likely N-dealkylation sites (tertiary alicyclic amines) is 1. The van der Waals surface area contributed by atoms with Crippen molar-refractivity contribution in [2.24, 2.45) is 11.8 Å². The number of aliphatic hydroxyl groups is 1. The maximum Gasteiger partial charge on any atom is 0.253 e. The average molecular weight is 590 g/mol. The van der Waals surface area contributed by atoms with Crippen LogP contribution < -0.4 is 4.90 Å². The molecule has 220 valence electrons. The molecule has 42 heavy (non-hydrogen) atoms. The van der Waals surface area contributed by atoms with Crippen LogP contribution in [-0.2, 0) is 25.5 Å². The van der Waals surface area contributed by atoms with Gasteiger partial charge in [-0.05, 0) is 37.0 Å². The van der Waals surface area contributed by atoms with Gasteiger partial charge in [0, 0.05) is 19.6 Å². The van der Waals surface area contributed by atoms with Crippen molar-refractivity contribution >= 4 is 35.0 Å². The Bertz CT molecular complexity index is 1420. The van der Waals surface area contributed by atoms with Crippen molar-refractivity contribution in [3.63, 3.8) is 0 Å². The molecule has 8 nitrogen and oxygen atoms in total. The Balaban J connectivity index is 1.49. The SMILES string of the molecule is CCCN1CC=C[C@H]2O[C@]34C=CCN(c5c(C)cccc5Cl)C(=O)C3N([C@@H](CO)Cc3ccccc3)C(=O)[C@@H]4[C@H]2C1=O. The number of anilines is 1. The van der Waals surface area contributed by atoms with Crippen molar-refractivity contribution in [3.8, 4) is 0 Å². The van der Waals surface area contributed by atoms with E-state index in [0.29, 0.717) is 30.2 Å². The minimum absolute atomic E-state index is 0.143. The Morgan fingerprint density at radius 2 is 1.81 bits per heavy atom. The van der Waals surface area contributed by atoms with Crippen molar-refractivity contribution in [1.82, 2.24) is 9.80 Å². The van der Waals surface area contributed by atoms with Gasteiger partial charge in [0.25, 0.3) is 5.91 Å². The lowest BCUT2D eigenvalue weighted by molar-refractivity contribution is -0.146. The zero-order valence-electron chi connectivity index (χ0n) is 23.9. The van der Waals surface area contributed by atoms with Crippen LogP contribution in [0.25, 0.3) is 0 Å². The number of aliphatic hydroxyl groups excluding tert-OH is 1. The van der Waals surface area contributed by atoms with Gasteiger partial charge in [0.15, 0.2) is 0 Å². The molecule has 2 saturated heterocycles. The molecule has 0 aromatic heterocycles. The molecule has 6 atom stereocenters. The number of fused-ring (bicyclic) bond motifs is 2. The predicted octanol–water partition coefficient (Wildman–Crippen LogP) is 3.54. The van der Waals surface area contributed by atoms with Crippen LogP contribution in [0.15, 0.2) is 72.8 Å². The Morgan fingerprint density at radius 1 is 1.02 bits per heavy atom. The first-order valence-electron chi connectivity index (χ1n) is 14.7. The van der Waals surface area contributed by atoms with E-state index in [1.54, 1.807) is 15.9 Å². The second-order valence-electron chi connectivity index (χ2n) is 11.6. The summed E-state index contributed by atoms with van der Waals surface area (Å²) in [5.41, 5.74) is 0.934. The third-order valence-electron chi connectivity index (χ3n) is 9.05. The highest BCUT2D eigenvalue weighted by atomic mass is 35.5. The van der Waals surface area contributed by atoms with Crippen LogP contribution in [0.2, 0.25) is 5.02 Å². The van der Waals surface area contributed by atoms with Crippen molar-refractivity contribution in [1.29, 1.82) is 0 Å². The van der Waals surface area contributed by atoms with Crippen LogP contribution >= 0.6 is 11.6 Å². The van der Waals surface area contributed by atoms with E-state index < -0.39 is 35.6 Å². The number of amides is 3. The predicted molar refractivity (Wildman–Crippen MR) is 160 cm³/mol. The van der Waals surface area contributed by atoms with Gasteiger partial charge in [0.05, 0.1) is 41.3 Å². The second kappa shape index (κ2) is 11.3. The van der Waals surface area contributed by atoms with Gasteiger partial charge in [-0.1, -0.05) is 85.3 Å². The number of nitrogens with zero attached hydrogens (tertiary/aromatic N) is 3. The van der Waals surface area contributed by atoms with Gasteiger partial charge in [-0.15, -0.1) is 0 Å². The van der Waals surface area contributed by atoms with Crippen LogP contribution in [0, 0.1) is 18.8 Å². The number of carbonyl (C=O) groups is 3. The normalized spacial score (nSPS) is 29.3. The summed E-state index contributed by atoms with van der Waals surface area (Å²) in [5, 5.41) is 11.1. The molecule has 1 spiro atoms. The third kappa shape index (κ3) is 4.48. The minimum Gasteiger partial charge on any atom is -0.394 e. The van der Waals surface area contributed by atoms with Gasteiger partial charge in [-0.2, -0.15) is 0 Å². The Hall–Kier alpha value is -3.46. The molecule has 0 bridgehead atoms. The zero-order chi connectivity index (χ0) is 29.6. The Labute approximate surface area is 251 Å². The van der Waals surface area contributed by atoms with E-state index in [-0.39, 0.29) is 30.9 Å². The fourth-order valence-electron chi connectivity index (χ4n) is 7.30. The average Bonchev–Trinajstić information content (AvgIpc) is 3.31.